The number of nitrogens with one attached hydrogen (secondary N) is 3. The van der Waals surface area contributed by atoms with Gasteiger partial charge in [-0.25, -0.2) is 13.1 Å². The number of hydrogen-bond donors (Lipinski definition) is 3. The first-order chi connectivity index (χ1) is 8.09. The minimum atomic E-state index is -3.50. The molecule has 2 rings (SSSR count). The normalized spacial score (nSPS) is 21.6. The Morgan fingerprint density at radius 2 is 2.47 bits per heavy atom. The van der Waals surface area contributed by atoms with Crippen LogP contribution in [0.25, 0.3) is 0 Å². The van der Waals surface area contributed by atoms with Crippen molar-refractivity contribution in [2.75, 3.05) is 26.2 Å². The number of aryl methyl sites for hydroxylation is 1. The van der Waals surface area contributed by atoms with Crippen LogP contribution >= 0.6 is 0 Å². The molecule has 1 aromatic rings. The average molecular weight is 260 g/mol. The van der Waals surface area contributed by atoms with Crippen molar-refractivity contribution in [2.45, 2.75) is 17.9 Å². The first-order valence-electron chi connectivity index (χ1n) is 5.41. The van der Waals surface area contributed by atoms with Crippen molar-refractivity contribution >= 4 is 10.0 Å². The van der Waals surface area contributed by atoms with Gasteiger partial charge in [0, 0.05) is 19.6 Å². The monoisotopic (exact) mass is 260 g/mol. The molecule has 2 heterocycles. The summed E-state index contributed by atoms with van der Waals surface area (Å²) in [7, 11) is -3.50. The van der Waals surface area contributed by atoms with Crippen LogP contribution in [0.3, 0.4) is 0 Å². The van der Waals surface area contributed by atoms with Crippen molar-refractivity contribution in [3.8, 4) is 0 Å². The zero-order valence-corrected chi connectivity index (χ0v) is 10.4. The molecule has 1 saturated heterocycles. The minimum Gasteiger partial charge on any atom is -0.374 e. The summed E-state index contributed by atoms with van der Waals surface area (Å²) in [6.07, 6.45) is 1.18. The van der Waals surface area contributed by atoms with E-state index in [0.717, 1.165) is 6.54 Å². The van der Waals surface area contributed by atoms with Gasteiger partial charge >= 0.3 is 0 Å². The summed E-state index contributed by atoms with van der Waals surface area (Å²) in [5, 5.41) is 9.43. The largest absolute Gasteiger partial charge is 0.374 e. The van der Waals surface area contributed by atoms with Crippen molar-refractivity contribution < 1.29 is 13.2 Å². The van der Waals surface area contributed by atoms with Crippen LogP contribution in [-0.2, 0) is 14.8 Å². The number of nitrogens with zero attached hydrogens (tertiary/aromatic N) is 1. The summed E-state index contributed by atoms with van der Waals surface area (Å²) < 4.78 is 31.7. The van der Waals surface area contributed by atoms with Crippen molar-refractivity contribution in [2.24, 2.45) is 0 Å². The third kappa shape index (κ3) is 3.03. The van der Waals surface area contributed by atoms with Crippen molar-refractivity contribution in [1.82, 2.24) is 20.2 Å². The van der Waals surface area contributed by atoms with Gasteiger partial charge in [0.25, 0.3) is 0 Å². The van der Waals surface area contributed by atoms with Crippen LogP contribution in [0, 0.1) is 6.92 Å². The zero-order valence-electron chi connectivity index (χ0n) is 9.56. The van der Waals surface area contributed by atoms with E-state index in [0.29, 0.717) is 18.8 Å². The summed E-state index contributed by atoms with van der Waals surface area (Å²) >= 11 is 0. The molecule has 0 bridgehead atoms. The van der Waals surface area contributed by atoms with Crippen molar-refractivity contribution in [3.63, 3.8) is 0 Å². The minimum absolute atomic E-state index is 0.120. The molecule has 0 aromatic carbocycles. The van der Waals surface area contributed by atoms with E-state index >= 15 is 0 Å². The molecule has 7 nitrogen and oxygen atoms in total. The summed E-state index contributed by atoms with van der Waals surface area (Å²) in [6.45, 7) is 4.01. The molecule has 1 unspecified atom stereocenters. The lowest BCUT2D eigenvalue weighted by Crippen LogP contribution is -2.45. The maximum Gasteiger partial charge on any atom is 0.244 e. The molecule has 1 aliphatic heterocycles. The van der Waals surface area contributed by atoms with E-state index in [4.69, 9.17) is 4.74 Å². The van der Waals surface area contributed by atoms with E-state index in [1.165, 1.54) is 6.20 Å². The van der Waals surface area contributed by atoms with Crippen LogP contribution < -0.4 is 10.0 Å². The molecule has 1 aromatic heterocycles. The Kier molecular flexibility index (Phi) is 3.77. The van der Waals surface area contributed by atoms with Gasteiger partial charge in [-0.1, -0.05) is 0 Å². The van der Waals surface area contributed by atoms with Crippen LogP contribution in [0.15, 0.2) is 11.1 Å². The van der Waals surface area contributed by atoms with Crippen molar-refractivity contribution in [3.05, 3.63) is 11.9 Å². The molecule has 1 fully saturated rings. The lowest BCUT2D eigenvalue weighted by atomic mass is 10.3. The van der Waals surface area contributed by atoms with Gasteiger partial charge in [0.05, 0.1) is 24.6 Å². The summed E-state index contributed by atoms with van der Waals surface area (Å²) in [4.78, 5) is 0.182. The second-order valence-electron chi connectivity index (χ2n) is 3.91. The highest BCUT2D eigenvalue weighted by atomic mass is 32.2. The number of sulfonamides is 1. The van der Waals surface area contributed by atoms with Crippen LogP contribution in [0.5, 0.6) is 0 Å². The van der Waals surface area contributed by atoms with E-state index in [2.05, 4.69) is 20.2 Å². The van der Waals surface area contributed by atoms with E-state index in [1.807, 2.05) is 0 Å². The van der Waals surface area contributed by atoms with Gasteiger partial charge in [-0.15, -0.1) is 0 Å². The van der Waals surface area contributed by atoms with Gasteiger partial charge < -0.3 is 10.1 Å². The smallest absolute Gasteiger partial charge is 0.244 e. The maximum absolute atomic E-state index is 11.9. The fraction of sp³-hybridized carbons (Fsp3) is 0.667. The number of H-pyrrole nitrogens is 1. The highest BCUT2D eigenvalue weighted by molar-refractivity contribution is 7.89. The Bertz CT molecular complexity index is 464. The molecule has 0 aliphatic carbocycles. The average Bonchev–Trinajstić information content (AvgIpc) is 2.75. The third-order valence-corrected chi connectivity index (χ3v) is 4.12. The molecule has 3 N–H and O–H groups in total. The molecule has 1 atom stereocenters. The Balaban J connectivity index is 1.96. The lowest BCUT2D eigenvalue weighted by molar-refractivity contribution is 0.0324. The Labute approximate surface area is 100.0 Å². The molecule has 17 heavy (non-hydrogen) atoms. The maximum atomic E-state index is 11.9. The molecular weight excluding hydrogens is 244 g/mol. The molecule has 0 saturated carbocycles. The number of morpholine rings is 1. The predicted octanol–water partition coefficient (Wildman–Crippen LogP) is -1.02. The number of rotatable bonds is 4. The fourth-order valence-corrected chi connectivity index (χ4v) is 2.84. The van der Waals surface area contributed by atoms with Crippen molar-refractivity contribution in [1.29, 1.82) is 0 Å². The number of ether oxygens (including phenoxy) is 1. The van der Waals surface area contributed by atoms with E-state index in [-0.39, 0.29) is 17.5 Å². The molecule has 0 radical (unpaired) electrons. The Hall–Kier alpha value is -0.960. The first-order valence-corrected chi connectivity index (χ1v) is 6.90. The van der Waals surface area contributed by atoms with Gasteiger partial charge in [0.2, 0.25) is 10.0 Å². The van der Waals surface area contributed by atoms with E-state index in [1.54, 1.807) is 6.92 Å². The van der Waals surface area contributed by atoms with Gasteiger partial charge in [0.1, 0.15) is 4.90 Å². The number of hydrogen-bond acceptors (Lipinski definition) is 5. The second-order valence-corrected chi connectivity index (χ2v) is 5.64. The highest BCUT2D eigenvalue weighted by Crippen LogP contribution is 2.10. The standard InChI is InChI=1S/C9H16N4O3S/c1-7-9(6-11-13-7)17(14,15)12-5-8-4-10-2-3-16-8/h6,8,10,12H,2-5H2,1H3,(H,11,13). The van der Waals surface area contributed by atoms with Crippen LogP contribution in [-0.4, -0.2) is 51.0 Å². The van der Waals surface area contributed by atoms with Gasteiger partial charge in [-0.05, 0) is 6.92 Å². The quantitative estimate of drug-likeness (QED) is 0.644. The zero-order chi connectivity index (χ0) is 12.3. The first kappa shape index (κ1) is 12.5. The summed E-state index contributed by atoms with van der Waals surface area (Å²) in [5.74, 6) is 0. The molecule has 0 amide bonds. The second kappa shape index (κ2) is 5.13. The van der Waals surface area contributed by atoms with Crippen LogP contribution in [0.1, 0.15) is 5.69 Å². The molecular formula is C9H16N4O3S. The third-order valence-electron chi connectivity index (χ3n) is 2.58. The van der Waals surface area contributed by atoms with Crippen LogP contribution in [0.2, 0.25) is 0 Å². The van der Waals surface area contributed by atoms with Gasteiger partial charge in [-0.2, -0.15) is 5.10 Å². The lowest BCUT2D eigenvalue weighted by Gasteiger charge is -2.23. The molecule has 1 aliphatic rings. The number of aromatic amines is 1. The summed E-state index contributed by atoms with van der Waals surface area (Å²) in [6, 6.07) is 0. The van der Waals surface area contributed by atoms with Crippen LogP contribution in [0.4, 0.5) is 0 Å². The highest BCUT2D eigenvalue weighted by Gasteiger charge is 2.21. The molecule has 96 valence electrons. The van der Waals surface area contributed by atoms with Gasteiger partial charge in [-0.3, -0.25) is 5.10 Å². The molecule has 0 spiro atoms. The predicted molar refractivity (Wildman–Crippen MR) is 61.1 cm³/mol. The van der Waals surface area contributed by atoms with E-state index < -0.39 is 10.0 Å². The van der Waals surface area contributed by atoms with E-state index in [9.17, 15) is 8.42 Å². The Morgan fingerprint density at radius 1 is 1.65 bits per heavy atom. The topological polar surface area (TPSA) is 96.1 Å². The molecule has 8 heteroatoms. The SMILES string of the molecule is Cc1[nH]ncc1S(=O)(=O)NCC1CNCCO1. The Morgan fingerprint density at radius 3 is 3.06 bits per heavy atom. The summed E-state index contributed by atoms with van der Waals surface area (Å²) in [5.41, 5.74) is 0.528. The van der Waals surface area contributed by atoms with Gasteiger partial charge in [0.15, 0.2) is 0 Å². The fourth-order valence-electron chi connectivity index (χ4n) is 1.64. The number of aromatic nitrogens is 2.